The van der Waals surface area contributed by atoms with Crippen LogP contribution in [0, 0.1) is 18.7 Å². The average molecular weight is 457 g/mol. The third kappa shape index (κ3) is 4.55. The fourth-order valence-corrected chi connectivity index (χ4v) is 4.31. The third-order valence-electron chi connectivity index (χ3n) is 6.27. The van der Waals surface area contributed by atoms with Gasteiger partial charge in [-0.15, -0.1) is 0 Å². The van der Waals surface area contributed by atoms with Gasteiger partial charge < -0.3 is 25.2 Å². The second kappa shape index (κ2) is 8.84. The van der Waals surface area contributed by atoms with Crippen LogP contribution in [0.2, 0.25) is 0 Å². The van der Waals surface area contributed by atoms with Gasteiger partial charge >= 0.3 is 6.09 Å². The molecule has 2 aromatic rings. The first kappa shape index (κ1) is 22.8. The molecule has 0 radical (unpaired) electrons. The van der Waals surface area contributed by atoms with E-state index in [-0.39, 0.29) is 35.8 Å². The number of anilines is 3. The zero-order valence-corrected chi connectivity index (χ0v) is 19.4. The molecule has 1 aliphatic carbocycles. The average Bonchev–Trinajstić information content (AvgIpc) is 2.72. The molecule has 0 saturated heterocycles. The minimum Gasteiger partial charge on any atom is -0.410 e. The fraction of sp³-hybridized carbons (Fsp3) is 0.478. The Morgan fingerprint density at radius 3 is 2.58 bits per heavy atom. The minimum atomic E-state index is -0.483. The number of halogens is 1. The molecular formula is C23H29FN6O3. The number of amides is 2. The second-order valence-corrected chi connectivity index (χ2v) is 9.02. The van der Waals surface area contributed by atoms with Crippen LogP contribution < -0.4 is 20.3 Å². The second-order valence-electron chi connectivity index (χ2n) is 9.02. The third-order valence-corrected chi connectivity index (χ3v) is 6.27. The molecule has 1 aromatic carbocycles. The lowest BCUT2D eigenvalue weighted by atomic mass is 9.86. The van der Waals surface area contributed by atoms with Gasteiger partial charge in [0.25, 0.3) is 0 Å². The molecule has 1 fully saturated rings. The first-order valence-corrected chi connectivity index (χ1v) is 11.0. The van der Waals surface area contributed by atoms with Crippen LogP contribution >= 0.6 is 0 Å². The number of hydrogen-bond acceptors (Lipinski definition) is 7. The number of benzene rings is 1. The SMILES string of the molecule is Cc1nc(NC2CC(N(C)C(=O)Oc3ccc(F)cc3)C2)nc2c1NC(=O)C(C(C)C)N2C. The smallest absolute Gasteiger partial charge is 0.410 e. The summed E-state index contributed by atoms with van der Waals surface area (Å²) < 4.78 is 18.3. The zero-order chi connectivity index (χ0) is 23.9. The Bertz CT molecular complexity index is 1050. The quantitative estimate of drug-likeness (QED) is 0.711. The van der Waals surface area contributed by atoms with Gasteiger partial charge in [-0.2, -0.15) is 4.98 Å². The van der Waals surface area contributed by atoms with E-state index in [0.29, 0.717) is 28.9 Å². The predicted molar refractivity (Wildman–Crippen MR) is 123 cm³/mol. The summed E-state index contributed by atoms with van der Waals surface area (Å²) in [4.78, 5) is 37.5. The van der Waals surface area contributed by atoms with Crippen LogP contribution in [0.3, 0.4) is 0 Å². The Balaban J connectivity index is 1.37. The monoisotopic (exact) mass is 456 g/mol. The van der Waals surface area contributed by atoms with E-state index >= 15 is 0 Å². The number of hydrogen-bond donors (Lipinski definition) is 2. The zero-order valence-electron chi connectivity index (χ0n) is 19.4. The number of carbonyl (C=O) groups is 2. The van der Waals surface area contributed by atoms with Gasteiger partial charge in [-0.25, -0.2) is 14.2 Å². The largest absolute Gasteiger partial charge is 0.415 e. The van der Waals surface area contributed by atoms with Crippen molar-refractivity contribution in [3.05, 3.63) is 35.8 Å². The fourth-order valence-electron chi connectivity index (χ4n) is 4.31. The summed E-state index contributed by atoms with van der Waals surface area (Å²) in [5.41, 5.74) is 1.33. The van der Waals surface area contributed by atoms with Crippen LogP contribution in [0.4, 0.5) is 26.6 Å². The molecule has 10 heteroatoms. The Labute approximate surface area is 192 Å². The summed E-state index contributed by atoms with van der Waals surface area (Å²) in [7, 11) is 3.56. The molecule has 1 unspecified atom stereocenters. The summed E-state index contributed by atoms with van der Waals surface area (Å²) in [6.07, 6.45) is 0.953. The molecule has 176 valence electrons. The summed E-state index contributed by atoms with van der Waals surface area (Å²) in [6, 6.07) is 5.17. The first-order chi connectivity index (χ1) is 15.6. The van der Waals surface area contributed by atoms with E-state index in [1.807, 2.05) is 32.7 Å². The standard InChI is InChI=1S/C23H29FN6O3/c1-12(2)19-21(31)27-18-13(3)25-22(28-20(18)30(19)5)26-15-10-16(11-15)29(4)23(32)33-17-8-6-14(24)7-9-17/h6-9,12,15-16,19H,10-11H2,1-5H3,(H,27,31)(H,25,26,28). The van der Waals surface area contributed by atoms with Crippen LogP contribution in [0.5, 0.6) is 5.75 Å². The minimum absolute atomic E-state index is 0.0152. The van der Waals surface area contributed by atoms with Gasteiger partial charge in [0.15, 0.2) is 5.82 Å². The predicted octanol–water partition coefficient (Wildman–Crippen LogP) is 3.41. The van der Waals surface area contributed by atoms with Crippen LogP contribution in [0.1, 0.15) is 32.4 Å². The van der Waals surface area contributed by atoms with Crippen LogP contribution in [-0.4, -0.2) is 59.1 Å². The molecule has 1 saturated carbocycles. The Kier molecular flexibility index (Phi) is 6.09. The number of fused-ring (bicyclic) bond motifs is 1. The number of nitrogens with zero attached hydrogens (tertiary/aromatic N) is 4. The van der Waals surface area contributed by atoms with Crippen molar-refractivity contribution in [1.29, 1.82) is 0 Å². The number of likely N-dealkylation sites (N-methyl/N-ethyl adjacent to an activating group) is 1. The van der Waals surface area contributed by atoms with E-state index in [4.69, 9.17) is 4.74 Å². The Morgan fingerprint density at radius 2 is 1.94 bits per heavy atom. The van der Waals surface area contributed by atoms with E-state index in [9.17, 15) is 14.0 Å². The van der Waals surface area contributed by atoms with Crippen molar-refractivity contribution in [3.8, 4) is 5.75 Å². The summed E-state index contributed by atoms with van der Waals surface area (Å²) in [5.74, 6) is 1.19. The van der Waals surface area contributed by atoms with Crippen molar-refractivity contribution in [2.45, 2.75) is 51.7 Å². The lowest BCUT2D eigenvalue weighted by Crippen LogP contribution is -2.51. The van der Waals surface area contributed by atoms with Gasteiger partial charge in [0.05, 0.1) is 5.69 Å². The van der Waals surface area contributed by atoms with Gasteiger partial charge in [-0.05, 0) is 49.9 Å². The molecule has 1 aromatic heterocycles. The molecule has 1 aliphatic heterocycles. The molecule has 0 bridgehead atoms. The number of aromatic nitrogens is 2. The van der Waals surface area contributed by atoms with Gasteiger partial charge in [0.2, 0.25) is 11.9 Å². The molecule has 2 heterocycles. The van der Waals surface area contributed by atoms with Gasteiger partial charge in [0.1, 0.15) is 23.3 Å². The van der Waals surface area contributed by atoms with E-state index in [1.165, 1.54) is 24.3 Å². The van der Waals surface area contributed by atoms with Crippen molar-refractivity contribution in [3.63, 3.8) is 0 Å². The van der Waals surface area contributed by atoms with Crippen LogP contribution in [0.25, 0.3) is 0 Å². The highest BCUT2D eigenvalue weighted by Gasteiger charge is 2.37. The van der Waals surface area contributed by atoms with Gasteiger partial charge in [-0.3, -0.25) is 4.79 Å². The molecule has 0 spiro atoms. The number of carbonyl (C=O) groups excluding carboxylic acids is 2. The number of ether oxygens (including phenoxy) is 1. The molecule has 2 N–H and O–H groups in total. The van der Waals surface area contributed by atoms with E-state index in [1.54, 1.807) is 11.9 Å². The topological polar surface area (TPSA) is 99.7 Å². The van der Waals surface area contributed by atoms with E-state index in [2.05, 4.69) is 20.6 Å². The highest BCUT2D eigenvalue weighted by atomic mass is 19.1. The maximum atomic E-state index is 13.0. The molecule has 1 atom stereocenters. The van der Waals surface area contributed by atoms with E-state index < -0.39 is 6.09 Å². The maximum Gasteiger partial charge on any atom is 0.415 e. The molecule has 33 heavy (non-hydrogen) atoms. The lowest BCUT2D eigenvalue weighted by molar-refractivity contribution is -0.118. The first-order valence-electron chi connectivity index (χ1n) is 11.0. The van der Waals surface area contributed by atoms with Gasteiger partial charge in [-0.1, -0.05) is 13.8 Å². The summed E-state index contributed by atoms with van der Waals surface area (Å²) in [6.45, 7) is 5.86. The molecule has 2 aliphatic rings. The van der Waals surface area contributed by atoms with Crippen molar-refractivity contribution < 1.29 is 18.7 Å². The normalized spacial score (nSPS) is 21.7. The van der Waals surface area contributed by atoms with E-state index in [0.717, 1.165) is 12.8 Å². The number of aryl methyl sites for hydroxylation is 1. The van der Waals surface area contributed by atoms with Crippen LogP contribution in [0.15, 0.2) is 24.3 Å². The highest BCUT2D eigenvalue weighted by molar-refractivity contribution is 6.03. The molecule has 9 nitrogen and oxygen atoms in total. The van der Waals surface area contributed by atoms with Crippen LogP contribution in [-0.2, 0) is 4.79 Å². The van der Waals surface area contributed by atoms with Crippen molar-refractivity contribution in [2.24, 2.45) is 5.92 Å². The summed E-state index contributed by atoms with van der Waals surface area (Å²) >= 11 is 0. The highest BCUT2D eigenvalue weighted by Crippen LogP contribution is 2.35. The van der Waals surface area contributed by atoms with Crippen molar-refractivity contribution >= 4 is 29.5 Å². The molecular weight excluding hydrogens is 427 g/mol. The maximum absolute atomic E-state index is 13.0. The Hall–Kier alpha value is -3.43. The summed E-state index contributed by atoms with van der Waals surface area (Å²) in [5, 5.41) is 6.29. The Morgan fingerprint density at radius 1 is 1.27 bits per heavy atom. The number of rotatable bonds is 5. The number of nitrogens with one attached hydrogen (secondary N) is 2. The van der Waals surface area contributed by atoms with Crippen molar-refractivity contribution in [2.75, 3.05) is 29.6 Å². The lowest BCUT2D eigenvalue weighted by Gasteiger charge is -2.41. The molecule has 2 amide bonds. The van der Waals surface area contributed by atoms with Crippen molar-refractivity contribution in [1.82, 2.24) is 14.9 Å². The van der Waals surface area contributed by atoms with Gasteiger partial charge in [0, 0.05) is 26.2 Å². The molecule has 4 rings (SSSR count).